The van der Waals surface area contributed by atoms with Crippen molar-refractivity contribution in [3.05, 3.63) is 175 Å². The summed E-state index contributed by atoms with van der Waals surface area (Å²) >= 11 is 0. The van der Waals surface area contributed by atoms with Gasteiger partial charge in [0.25, 0.3) is 0 Å². The molecule has 0 aliphatic rings. The molecule has 0 saturated carbocycles. The van der Waals surface area contributed by atoms with Crippen LogP contribution in [0.4, 0.5) is 17.1 Å². The van der Waals surface area contributed by atoms with Gasteiger partial charge in [0.1, 0.15) is 0 Å². The van der Waals surface area contributed by atoms with Gasteiger partial charge in [-0.05, 0) is 104 Å². The lowest BCUT2D eigenvalue weighted by atomic mass is 9.93. The van der Waals surface area contributed by atoms with Crippen molar-refractivity contribution in [2.24, 2.45) is 0 Å². The van der Waals surface area contributed by atoms with Crippen molar-refractivity contribution >= 4 is 49.4 Å². The maximum Gasteiger partial charge on any atom is 0.0468 e. The molecule has 0 bridgehead atoms. The number of aryl methyl sites for hydroxylation is 1. The lowest BCUT2D eigenvalue weighted by molar-refractivity contribution is 1.29. The standard InChI is InChI=1S/C43H31N/c1-30-15-16-35-28-39(26-21-34(35)27-30)44(37-22-17-32(18-23-37)31-9-3-2-4-10-31)38-24-19-33(20-25-38)43-29-36-11-5-6-12-40(36)41-13-7-8-14-42(41)43/h2-29H,1H3. The molecule has 0 aromatic heterocycles. The fourth-order valence-electron chi connectivity index (χ4n) is 6.46. The van der Waals surface area contributed by atoms with E-state index in [1.54, 1.807) is 0 Å². The van der Waals surface area contributed by atoms with Crippen LogP contribution in [-0.4, -0.2) is 0 Å². The first kappa shape index (κ1) is 26.0. The van der Waals surface area contributed by atoms with E-state index in [1.165, 1.54) is 60.1 Å². The molecule has 0 spiro atoms. The molecule has 0 fully saturated rings. The van der Waals surface area contributed by atoms with E-state index in [4.69, 9.17) is 0 Å². The second-order valence-corrected chi connectivity index (χ2v) is 11.5. The van der Waals surface area contributed by atoms with Crippen LogP contribution in [0, 0.1) is 6.92 Å². The van der Waals surface area contributed by atoms with Gasteiger partial charge >= 0.3 is 0 Å². The number of benzene rings is 8. The van der Waals surface area contributed by atoms with Crippen LogP contribution >= 0.6 is 0 Å². The summed E-state index contributed by atoms with van der Waals surface area (Å²) in [5.41, 5.74) is 9.56. The fourth-order valence-corrected chi connectivity index (χ4v) is 6.46. The topological polar surface area (TPSA) is 3.24 Å². The Kier molecular flexibility index (Phi) is 6.43. The van der Waals surface area contributed by atoms with Crippen LogP contribution in [0.25, 0.3) is 54.6 Å². The number of anilines is 3. The van der Waals surface area contributed by atoms with Crippen molar-refractivity contribution in [1.29, 1.82) is 0 Å². The zero-order valence-corrected chi connectivity index (χ0v) is 24.6. The van der Waals surface area contributed by atoms with Gasteiger partial charge in [0.15, 0.2) is 0 Å². The van der Waals surface area contributed by atoms with Crippen LogP contribution < -0.4 is 4.90 Å². The Morgan fingerprint density at radius 1 is 0.341 bits per heavy atom. The first-order valence-electron chi connectivity index (χ1n) is 15.2. The minimum Gasteiger partial charge on any atom is -0.310 e. The lowest BCUT2D eigenvalue weighted by Gasteiger charge is -2.26. The molecule has 8 aromatic rings. The van der Waals surface area contributed by atoms with E-state index in [-0.39, 0.29) is 0 Å². The average Bonchev–Trinajstić information content (AvgIpc) is 3.09. The number of hydrogen-bond donors (Lipinski definition) is 0. The minimum absolute atomic E-state index is 1.12. The maximum absolute atomic E-state index is 2.36. The quantitative estimate of drug-likeness (QED) is 0.189. The normalized spacial score (nSPS) is 11.3. The van der Waals surface area contributed by atoms with E-state index >= 15 is 0 Å². The third-order valence-corrected chi connectivity index (χ3v) is 8.67. The molecule has 208 valence electrons. The van der Waals surface area contributed by atoms with Crippen LogP contribution in [0.3, 0.4) is 0 Å². The first-order chi connectivity index (χ1) is 21.7. The summed E-state index contributed by atoms with van der Waals surface area (Å²) in [4.78, 5) is 2.36. The summed E-state index contributed by atoms with van der Waals surface area (Å²) in [6.07, 6.45) is 0. The van der Waals surface area contributed by atoms with Crippen molar-refractivity contribution in [1.82, 2.24) is 0 Å². The number of nitrogens with zero attached hydrogens (tertiary/aromatic N) is 1. The number of hydrogen-bond acceptors (Lipinski definition) is 1. The van der Waals surface area contributed by atoms with Gasteiger partial charge in [-0.25, -0.2) is 0 Å². The van der Waals surface area contributed by atoms with Gasteiger partial charge in [0.05, 0.1) is 0 Å². The lowest BCUT2D eigenvalue weighted by Crippen LogP contribution is -2.09. The number of rotatable bonds is 5. The molecule has 1 heteroatoms. The molecule has 0 saturated heterocycles. The van der Waals surface area contributed by atoms with E-state index in [0.717, 1.165) is 17.1 Å². The molecule has 1 nitrogen and oxygen atoms in total. The molecule has 0 aliphatic heterocycles. The minimum atomic E-state index is 1.12. The van der Waals surface area contributed by atoms with Gasteiger partial charge in [0, 0.05) is 17.1 Å². The van der Waals surface area contributed by atoms with Crippen LogP contribution in [0.2, 0.25) is 0 Å². The van der Waals surface area contributed by atoms with Crippen LogP contribution in [-0.2, 0) is 0 Å². The molecule has 0 aliphatic carbocycles. The molecule has 0 amide bonds. The summed E-state index contributed by atoms with van der Waals surface area (Å²) in [6, 6.07) is 61.7. The highest BCUT2D eigenvalue weighted by Crippen LogP contribution is 2.40. The highest BCUT2D eigenvalue weighted by atomic mass is 15.1. The van der Waals surface area contributed by atoms with Crippen molar-refractivity contribution in [3.63, 3.8) is 0 Å². The SMILES string of the molecule is Cc1ccc2cc(N(c3ccc(-c4ccccc4)cc3)c3ccc(-c4cc5ccccc5c5ccccc45)cc3)ccc2c1. The molecule has 8 aromatic carbocycles. The van der Waals surface area contributed by atoms with Gasteiger partial charge in [-0.15, -0.1) is 0 Å². The highest BCUT2D eigenvalue weighted by molar-refractivity contribution is 6.13. The van der Waals surface area contributed by atoms with E-state index in [9.17, 15) is 0 Å². The summed E-state index contributed by atoms with van der Waals surface area (Å²) in [6.45, 7) is 2.15. The molecule has 0 unspecified atom stereocenters. The second-order valence-electron chi connectivity index (χ2n) is 11.5. The molecular weight excluding hydrogens is 530 g/mol. The van der Waals surface area contributed by atoms with Gasteiger partial charge in [0.2, 0.25) is 0 Å². The van der Waals surface area contributed by atoms with Crippen molar-refractivity contribution < 1.29 is 0 Å². The summed E-state index contributed by atoms with van der Waals surface area (Å²) in [7, 11) is 0. The largest absolute Gasteiger partial charge is 0.310 e. The van der Waals surface area contributed by atoms with E-state index in [1.807, 2.05) is 0 Å². The maximum atomic E-state index is 2.36. The molecule has 0 radical (unpaired) electrons. The Morgan fingerprint density at radius 2 is 0.886 bits per heavy atom. The fraction of sp³-hybridized carbons (Fsp3) is 0.0233. The van der Waals surface area contributed by atoms with Gasteiger partial charge in [-0.1, -0.05) is 133 Å². The van der Waals surface area contributed by atoms with Crippen molar-refractivity contribution in [3.8, 4) is 22.3 Å². The third-order valence-electron chi connectivity index (χ3n) is 8.67. The third kappa shape index (κ3) is 4.69. The van der Waals surface area contributed by atoms with Crippen LogP contribution in [0.5, 0.6) is 0 Å². The summed E-state index contributed by atoms with van der Waals surface area (Å²) in [5, 5.41) is 7.61. The Labute approximate surface area is 258 Å². The van der Waals surface area contributed by atoms with E-state index in [0.29, 0.717) is 0 Å². The Hall–Kier alpha value is -5.66. The average molecular weight is 562 g/mol. The van der Waals surface area contributed by atoms with E-state index < -0.39 is 0 Å². The zero-order chi connectivity index (χ0) is 29.5. The van der Waals surface area contributed by atoms with Crippen molar-refractivity contribution in [2.75, 3.05) is 4.90 Å². The van der Waals surface area contributed by atoms with Gasteiger partial charge in [-0.2, -0.15) is 0 Å². The highest BCUT2D eigenvalue weighted by Gasteiger charge is 2.15. The summed E-state index contributed by atoms with van der Waals surface area (Å²) < 4.78 is 0. The van der Waals surface area contributed by atoms with Crippen molar-refractivity contribution in [2.45, 2.75) is 6.92 Å². The molecule has 44 heavy (non-hydrogen) atoms. The molecule has 0 atom stereocenters. The first-order valence-corrected chi connectivity index (χ1v) is 15.2. The van der Waals surface area contributed by atoms with E-state index in [2.05, 4.69) is 182 Å². The smallest absolute Gasteiger partial charge is 0.0468 e. The van der Waals surface area contributed by atoms with Gasteiger partial charge in [-0.3, -0.25) is 0 Å². The Morgan fingerprint density at radius 3 is 1.64 bits per heavy atom. The summed E-state index contributed by atoms with van der Waals surface area (Å²) in [5.74, 6) is 0. The second kappa shape index (κ2) is 10.9. The predicted molar refractivity (Wildman–Crippen MR) is 189 cm³/mol. The molecule has 8 rings (SSSR count). The Balaban J connectivity index is 1.25. The van der Waals surface area contributed by atoms with Gasteiger partial charge < -0.3 is 4.90 Å². The Bertz CT molecular complexity index is 2260. The predicted octanol–water partition coefficient (Wildman–Crippen LogP) is 12.3. The molecule has 0 heterocycles. The monoisotopic (exact) mass is 561 g/mol. The number of fused-ring (bicyclic) bond motifs is 4. The molecule has 0 N–H and O–H groups in total. The van der Waals surface area contributed by atoms with Crippen LogP contribution in [0.1, 0.15) is 5.56 Å². The molecular formula is C43H31N. The van der Waals surface area contributed by atoms with Crippen LogP contribution in [0.15, 0.2) is 170 Å². The zero-order valence-electron chi connectivity index (χ0n) is 24.6.